The van der Waals surface area contributed by atoms with E-state index in [1.54, 1.807) is 18.2 Å². The number of halogens is 2. The normalized spacial score (nSPS) is 19.1. The molecule has 0 spiro atoms. The number of carbonyl (C=O) groups excluding carboxylic acids is 2. The topological polar surface area (TPSA) is 49.4 Å². The van der Waals surface area contributed by atoms with E-state index in [0.717, 1.165) is 4.90 Å². The summed E-state index contributed by atoms with van der Waals surface area (Å²) in [7, 11) is 0. The van der Waals surface area contributed by atoms with E-state index >= 15 is 0 Å². The summed E-state index contributed by atoms with van der Waals surface area (Å²) in [5.41, 5.74) is 0.437. The molecule has 1 aromatic rings. The first-order valence-corrected chi connectivity index (χ1v) is 6.46. The summed E-state index contributed by atoms with van der Waals surface area (Å²) in [6.45, 7) is 4.03. The second kappa shape index (κ2) is 5.74. The minimum Gasteiger partial charge on any atom is -0.302 e. The van der Waals surface area contributed by atoms with E-state index in [9.17, 15) is 9.59 Å². The van der Waals surface area contributed by atoms with Gasteiger partial charge in [0.05, 0.1) is 28.2 Å². The van der Waals surface area contributed by atoms with Crippen molar-refractivity contribution in [2.24, 2.45) is 0 Å². The van der Waals surface area contributed by atoms with Gasteiger partial charge in [-0.3, -0.25) is 9.59 Å². The van der Waals surface area contributed by atoms with E-state index in [4.69, 9.17) is 23.2 Å². The third-order valence-corrected chi connectivity index (χ3v) is 3.56. The number of imide groups is 1. The number of benzene rings is 1. The van der Waals surface area contributed by atoms with Gasteiger partial charge in [-0.25, -0.2) is 4.90 Å². The molecule has 1 atom stereocenters. The van der Waals surface area contributed by atoms with Crippen LogP contribution in [0.2, 0.25) is 10.0 Å². The maximum Gasteiger partial charge on any atom is 0.251 e. The van der Waals surface area contributed by atoms with Crippen molar-refractivity contribution in [3.8, 4) is 0 Å². The third kappa shape index (κ3) is 2.81. The predicted molar refractivity (Wildman–Crippen MR) is 75.6 cm³/mol. The molecule has 0 saturated carbocycles. The molecule has 100 valence electrons. The van der Waals surface area contributed by atoms with Crippen LogP contribution >= 0.6 is 23.2 Å². The lowest BCUT2D eigenvalue weighted by Gasteiger charge is -2.15. The van der Waals surface area contributed by atoms with Gasteiger partial charge in [-0.1, -0.05) is 29.3 Å². The van der Waals surface area contributed by atoms with E-state index in [-0.39, 0.29) is 18.2 Å². The molecule has 4 nitrogen and oxygen atoms in total. The van der Waals surface area contributed by atoms with Gasteiger partial charge in [-0.05, 0) is 18.2 Å². The van der Waals surface area contributed by atoms with E-state index in [1.165, 1.54) is 6.07 Å². The van der Waals surface area contributed by atoms with Crippen molar-refractivity contribution in [3.05, 3.63) is 40.9 Å². The molecule has 0 bridgehead atoms. The minimum absolute atomic E-state index is 0.132. The lowest BCUT2D eigenvalue weighted by Crippen LogP contribution is -2.38. The van der Waals surface area contributed by atoms with Crippen molar-refractivity contribution in [1.82, 2.24) is 5.32 Å². The van der Waals surface area contributed by atoms with Crippen molar-refractivity contribution < 1.29 is 9.59 Å². The molecule has 1 aromatic carbocycles. The summed E-state index contributed by atoms with van der Waals surface area (Å²) in [4.78, 5) is 25.2. The molecular weight excluding hydrogens is 287 g/mol. The molecule has 19 heavy (non-hydrogen) atoms. The van der Waals surface area contributed by atoms with Crippen molar-refractivity contribution in [2.45, 2.75) is 12.5 Å². The Morgan fingerprint density at radius 1 is 1.37 bits per heavy atom. The smallest absolute Gasteiger partial charge is 0.251 e. The number of rotatable bonds is 4. The minimum atomic E-state index is -0.514. The van der Waals surface area contributed by atoms with Crippen LogP contribution in [0.5, 0.6) is 0 Å². The highest BCUT2D eigenvalue weighted by molar-refractivity contribution is 6.42. The Morgan fingerprint density at radius 2 is 2.11 bits per heavy atom. The van der Waals surface area contributed by atoms with Crippen LogP contribution in [0.4, 0.5) is 5.69 Å². The standard InChI is InChI=1S/C13H12Cl2N2O2/c1-2-5-16-11-7-12(18)17(13(11)19)8-3-4-9(14)10(15)6-8/h2-4,6,11,16H,1,5,7H2. The summed E-state index contributed by atoms with van der Waals surface area (Å²) in [5.74, 6) is -0.546. The molecule has 0 aliphatic carbocycles. The van der Waals surface area contributed by atoms with Crippen molar-refractivity contribution in [2.75, 3.05) is 11.4 Å². The fourth-order valence-corrected chi connectivity index (χ4v) is 2.20. The molecule has 2 rings (SSSR count). The Bertz CT molecular complexity index is 545. The highest BCUT2D eigenvalue weighted by atomic mass is 35.5. The van der Waals surface area contributed by atoms with Crippen LogP contribution in [0, 0.1) is 0 Å². The molecule has 1 aliphatic heterocycles. The molecular formula is C13H12Cl2N2O2. The zero-order valence-corrected chi connectivity index (χ0v) is 11.5. The summed E-state index contributed by atoms with van der Waals surface area (Å²) in [5, 5.41) is 3.64. The Kier molecular flexibility index (Phi) is 4.24. The third-order valence-electron chi connectivity index (χ3n) is 2.82. The number of carbonyl (C=O) groups is 2. The number of nitrogens with zero attached hydrogens (tertiary/aromatic N) is 1. The first-order chi connectivity index (χ1) is 9.04. The van der Waals surface area contributed by atoms with Gasteiger partial charge in [0.15, 0.2) is 0 Å². The molecule has 1 N–H and O–H groups in total. The Morgan fingerprint density at radius 3 is 2.74 bits per heavy atom. The molecule has 0 aromatic heterocycles. The second-order valence-corrected chi connectivity index (χ2v) is 4.93. The van der Waals surface area contributed by atoms with Crippen molar-refractivity contribution >= 4 is 40.7 Å². The summed E-state index contributed by atoms with van der Waals surface area (Å²) < 4.78 is 0. The fourth-order valence-electron chi connectivity index (χ4n) is 1.91. The van der Waals surface area contributed by atoms with Crippen LogP contribution in [0.25, 0.3) is 0 Å². The van der Waals surface area contributed by atoms with Gasteiger partial charge in [-0.2, -0.15) is 0 Å². The van der Waals surface area contributed by atoms with Crippen molar-refractivity contribution in [3.63, 3.8) is 0 Å². The molecule has 2 amide bonds. The Balaban J connectivity index is 2.24. The maximum absolute atomic E-state index is 12.2. The first kappa shape index (κ1) is 14.1. The quantitative estimate of drug-likeness (QED) is 0.686. The van der Waals surface area contributed by atoms with Gasteiger partial charge in [0.25, 0.3) is 5.91 Å². The molecule has 0 radical (unpaired) electrons. The summed E-state index contributed by atoms with van der Waals surface area (Å²) in [6.07, 6.45) is 1.77. The maximum atomic E-state index is 12.2. The van der Waals surface area contributed by atoms with Gasteiger partial charge in [0, 0.05) is 6.54 Å². The predicted octanol–water partition coefficient (Wildman–Crippen LogP) is 2.40. The number of hydrogen-bond donors (Lipinski definition) is 1. The lowest BCUT2D eigenvalue weighted by molar-refractivity contribution is -0.121. The van der Waals surface area contributed by atoms with Gasteiger partial charge < -0.3 is 5.32 Å². The van der Waals surface area contributed by atoms with Gasteiger partial charge >= 0.3 is 0 Å². The average molecular weight is 299 g/mol. The molecule has 1 unspecified atom stereocenters. The van der Waals surface area contributed by atoms with Gasteiger partial charge in [0.2, 0.25) is 5.91 Å². The van der Waals surface area contributed by atoms with E-state index in [1.807, 2.05) is 0 Å². The largest absolute Gasteiger partial charge is 0.302 e. The summed E-state index contributed by atoms with van der Waals surface area (Å²) in [6, 6.07) is 4.15. The molecule has 1 aliphatic rings. The van der Waals surface area contributed by atoms with Crippen LogP contribution in [-0.2, 0) is 9.59 Å². The highest BCUT2D eigenvalue weighted by Crippen LogP contribution is 2.30. The lowest BCUT2D eigenvalue weighted by atomic mass is 10.2. The number of anilines is 1. The summed E-state index contributed by atoms with van der Waals surface area (Å²) >= 11 is 11.7. The molecule has 6 heteroatoms. The second-order valence-electron chi connectivity index (χ2n) is 4.12. The van der Waals surface area contributed by atoms with E-state index < -0.39 is 6.04 Å². The Hall–Kier alpha value is -1.36. The average Bonchev–Trinajstić information content (AvgIpc) is 2.65. The number of nitrogens with one attached hydrogen (secondary N) is 1. The van der Waals surface area contributed by atoms with Crippen LogP contribution in [0.15, 0.2) is 30.9 Å². The van der Waals surface area contributed by atoms with Gasteiger partial charge in [-0.15, -0.1) is 6.58 Å². The Labute approximate surface area is 121 Å². The zero-order chi connectivity index (χ0) is 14.0. The van der Waals surface area contributed by atoms with Crippen LogP contribution in [0.3, 0.4) is 0 Å². The number of amides is 2. The van der Waals surface area contributed by atoms with E-state index in [0.29, 0.717) is 22.3 Å². The van der Waals surface area contributed by atoms with Gasteiger partial charge in [0.1, 0.15) is 0 Å². The zero-order valence-electron chi connectivity index (χ0n) is 10.0. The number of hydrogen-bond acceptors (Lipinski definition) is 3. The highest BCUT2D eigenvalue weighted by Gasteiger charge is 2.39. The van der Waals surface area contributed by atoms with Crippen LogP contribution in [-0.4, -0.2) is 24.4 Å². The molecule has 1 fully saturated rings. The van der Waals surface area contributed by atoms with Crippen molar-refractivity contribution in [1.29, 1.82) is 0 Å². The SMILES string of the molecule is C=CCNC1CC(=O)N(c2ccc(Cl)c(Cl)c2)C1=O. The first-order valence-electron chi connectivity index (χ1n) is 5.70. The molecule has 1 heterocycles. The van der Waals surface area contributed by atoms with Crippen LogP contribution in [0.1, 0.15) is 6.42 Å². The fraction of sp³-hybridized carbons (Fsp3) is 0.231. The monoisotopic (exact) mass is 298 g/mol. The van der Waals surface area contributed by atoms with Crippen LogP contribution < -0.4 is 10.2 Å². The molecule has 1 saturated heterocycles. The van der Waals surface area contributed by atoms with E-state index in [2.05, 4.69) is 11.9 Å².